The number of benzene rings is 1. The Morgan fingerprint density at radius 2 is 2.20 bits per heavy atom. The summed E-state index contributed by atoms with van der Waals surface area (Å²) in [4.78, 5) is 4.06. The summed E-state index contributed by atoms with van der Waals surface area (Å²) in [5, 5.41) is 15.5. The smallest absolute Gasteiger partial charge is 0.240 e. The highest BCUT2D eigenvalue weighted by atomic mass is 32.2. The molecule has 2 rings (SSSR count). The summed E-state index contributed by atoms with van der Waals surface area (Å²) in [6, 6.07) is 4.67. The van der Waals surface area contributed by atoms with Gasteiger partial charge in [-0.15, -0.1) is 0 Å². The van der Waals surface area contributed by atoms with E-state index in [2.05, 4.69) is 19.9 Å². The van der Waals surface area contributed by atoms with Crippen LogP contribution in [0.25, 0.3) is 0 Å². The topological polar surface area (TPSA) is 108 Å². The highest BCUT2D eigenvalue weighted by molar-refractivity contribution is 7.89. The fourth-order valence-electron chi connectivity index (χ4n) is 1.72. The molecule has 0 fully saturated rings. The average Bonchev–Trinajstić information content (AvgIpc) is 2.92. The Morgan fingerprint density at radius 1 is 1.40 bits per heavy atom. The van der Waals surface area contributed by atoms with E-state index in [9.17, 15) is 13.5 Å². The first-order valence-corrected chi connectivity index (χ1v) is 7.55. The second kappa shape index (κ2) is 6.12. The van der Waals surface area contributed by atoms with Gasteiger partial charge in [0, 0.05) is 13.0 Å². The molecule has 1 aromatic heterocycles. The highest BCUT2D eigenvalue weighted by Gasteiger charge is 2.14. The number of aromatic amines is 1. The van der Waals surface area contributed by atoms with Crippen molar-refractivity contribution in [3.8, 4) is 0 Å². The SMILES string of the molecule is Cc1ccc(S(=O)(=O)NCCc2ncn[nH]2)cc1CO. The van der Waals surface area contributed by atoms with E-state index in [1.165, 1.54) is 18.5 Å². The lowest BCUT2D eigenvalue weighted by Gasteiger charge is -2.09. The third-order valence-electron chi connectivity index (χ3n) is 2.92. The summed E-state index contributed by atoms with van der Waals surface area (Å²) < 4.78 is 26.7. The Bertz CT molecular complexity index is 668. The largest absolute Gasteiger partial charge is 0.392 e. The van der Waals surface area contributed by atoms with Crippen molar-refractivity contribution >= 4 is 10.0 Å². The zero-order valence-corrected chi connectivity index (χ0v) is 11.8. The minimum Gasteiger partial charge on any atom is -0.392 e. The molecular formula is C12H16N4O3S. The molecule has 0 aliphatic heterocycles. The minimum absolute atomic E-state index is 0.143. The standard InChI is InChI=1S/C12H16N4O3S/c1-9-2-3-11(6-10(9)7-17)20(18,19)15-5-4-12-13-8-14-16-12/h2-3,6,8,15,17H,4-5,7H2,1H3,(H,13,14,16). The second-order valence-corrected chi connectivity index (χ2v) is 6.09. The molecule has 0 spiro atoms. The zero-order chi connectivity index (χ0) is 14.6. The van der Waals surface area contributed by atoms with E-state index >= 15 is 0 Å². The molecule has 1 heterocycles. The van der Waals surface area contributed by atoms with E-state index in [1.807, 2.05) is 6.92 Å². The minimum atomic E-state index is -3.59. The fraction of sp³-hybridized carbons (Fsp3) is 0.333. The van der Waals surface area contributed by atoms with Gasteiger partial charge in [-0.2, -0.15) is 5.10 Å². The van der Waals surface area contributed by atoms with Crippen LogP contribution in [0.5, 0.6) is 0 Å². The molecule has 0 amide bonds. The molecule has 0 atom stereocenters. The van der Waals surface area contributed by atoms with Crippen LogP contribution in [-0.4, -0.2) is 35.3 Å². The van der Waals surface area contributed by atoms with Crippen LogP contribution in [0.1, 0.15) is 17.0 Å². The lowest BCUT2D eigenvalue weighted by atomic mass is 10.1. The van der Waals surface area contributed by atoms with Crippen LogP contribution in [0, 0.1) is 6.92 Å². The Morgan fingerprint density at radius 3 is 2.85 bits per heavy atom. The van der Waals surface area contributed by atoms with Crippen LogP contribution < -0.4 is 4.72 Å². The molecule has 3 N–H and O–H groups in total. The summed E-state index contributed by atoms with van der Waals surface area (Å²) >= 11 is 0. The molecule has 20 heavy (non-hydrogen) atoms. The molecule has 7 nitrogen and oxygen atoms in total. The maximum Gasteiger partial charge on any atom is 0.240 e. The van der Waals surface area contributed by atoms with Gasteiger partial charge >= 0.3 is 0 Å². The fourth-order valence-corrected chi connectivity index (χ4v) is 2.81. The number of hydrogen-bond acceptors (Lipinski definition) is 5. The third-order valence-corrected chi connectivity index (χ3v) is 4.38. The second-order valence-electron chi connectivity index (χ2n) is 4.33. The first kappa shape index (κ1) is 14.6. The van der Waals surface area contributed by atoms with Gasteiger partial charge in [0.15, 0.2) is 0 Å². The summed E-state index contributed by atoms with van der Waals surface area (Å²) in [5.74, 6) is 0.618. The van der Waals surface area contributed by atoms with Crippen molar-refractivity contribution < 1.29 is 13.5 Å². The molecule has 108 valence electrons. The van der Waals surface area contributed by atoms with Crippen LogP contribution >= 0.6 is 0 Å². The summed E-state index contributed by atoms with van der Waals surface area (Å²) in [6.07, 6.45) is 1.80. The van der Waals surface area contributed by atoms with Gasteiger partial charge in [0.2, 0.25) is 10.0 Å². The van der Waals surface area contributed by atoms with Crippen molar-refractivity contribution in [1.82, 2.24) is 19.9 Å². The number of aliphatic hydroxyl groups excluding tert-OH is 1. The summed E-state index contributed by atoms with van der Waals surface area (Å²) in [6.45, 7) is 1.85. The van der Waals surface area contributed by atoms with E-state index in [0.29, 0.717) is 17.8 Å². The van der Waals surface area contributed by atoms with Crippen LogP contribution in [0.15, 0.2) is 29.4 Å². The number of hydrogen-bond donors (Lipinski definition) is 3. The Labute approximate surface area is 117 Å². The number of rotatable bonds is 6. The van der Waals surface area contributed by atoms with Crippen LogP contribution in [0.2, 0.25) is 0 Å². The van der Waals surface area contributed by atoms with Crippen LogP contribution in [0.4, 0.5) is 0 Å². The Kier molecular flexibility index (Phi) is 4.48. The summed E-state index contributed by atoms with van der Waals surface area (Å²) in [5.41, 5.74) is 1.45. The van der Waals surface area contributed by atoms with Gasteiger partial charge in [0.1, 0.15) is 12.2 Å². The highest BCUT2D eigenvalue weighted by Crippen LogP contribution is 2.15. The van der Waals surface area contributed by atoms with E-state index in [1.54, 1.807) is 6.07 Å². The van der Waals surface area contributed by atoms with Crippen molar-refractivity contribution in [2.45, 2.75) is 24.8 Å². The van der Waals surface area contributed by atoms with Crippen molar-refractivity contribution in [2.24, 2.45) is 0 Å². The predicted octanol–water partition coefficient (Wildman–Crippen LogP) is 0.126. The number of nitrogens with zero attached hydrogens (tertiary/aromatic N) is 2. The predicted molar refractivity (Wildman–Crippen MR) is 72.4 cm³/mol. The molecule has 2 aromatic rings. The van der Waals surface area contributed by atoms with Gasteiger partial charge in [0.05, 0.1) is 11.5 Å². The molecule has 0 aliphatic rings. The number of sulfonamides is 1. The zero-order valence-electron chi connectivity index (χ0n) is 11.0. The summed E-state index contributed by atoms with van der Waals surface area (Å²) in [7, 11) is -3.59. The lowest BCUT2D eigenvalue weighted by Crippen LogP contribution is -2.26. The normalized spacial score (nSPS) is 11.7. The molecule has 0 saturated carbocycles. The Balaban J connectivity index is 2.06. The van der Waals surface area contributed by atoms with E-state index in [-0.39, 0.29) is 18.0 Å². The number of aryl methyl sites for hydroxylation is 1. The number of aliphatic hydroxyl groups is 1. The van der Waals surface area contributed by atoms with Crippen molar-refractivity contribution in [1.29, 1.82) is 0 Å². The molecule has 0 unspecified atom stereocenters. The molecule has 0 saturated heterocycles. The maximum atomic E-state index is 12.1. The van der Waals surface area contributed by atoms with Crippen molar-refractivity contribution in [3.63, 3.8) is 0 Å². The van der Waals surface area contributed by atoms with Gasteiger partial charge in [-0.3, -0.25) is 5.10 Å². The molecule has 0 aliphatic carbocycles. The van der Waals surface area contributed by atoms with E-state index in [0.717, 1.165) is 5.56 Å². The lowest BCUT2D eigenvalue weighted by molar-refractivity contribution is 0.280. The molecular weight excluding hydrogens is 280 g/mol. The van der Waals surface area contributed by atoms with Gasteiger partial charge < -0.3 is 5.11 Å². The monoisotopic (exact) mass is 296 g/mol. The maximum absolute atomic E-state index is 12.1. The molecule has 0 radical (unpaired) electrons. The van der Waals surface area contributed by atoms with Gasteiger partial charge in [-0.05, 0) is 30.2 Å². The Hall–Kier alpha value is -1.77. The van der Waals surface area contributed by atoms with Crippen molar-refractivity contribution in [2.75, 3.05) is 6.54 Å². The van der Waals surface area contributed by atoms with Crippen molar-refractivity contribution in [3.05, 3.63) is 41.5 Å². The number of aromatic nitrogens is 3. The third kappa shape index (κ3) is 3.41. The van der Waals surface area contributed by atoms with E-state index < -0.39 is 10.0 Å². The average molecular weight is 296 g/mol. The molecule has 8 heteroatoms. The van der Waals surface area contributed by atoms with Gasteiger partial charge in [-0.1, -0.05) is 6.07 Å². The molecule has 1 aromatic carbocycles. The quantitative estimate of drug-likeness (QED) is 0.702. The van der Waals surface area contributed by atoms with Crippen LogP contribution in [-0.2, 0) is 23.1 Å². The molecule has 0 bridgehead atoms. The van der Waals surface area contributed by atoms with Gasteiger partial charge in [0.25, 0.3) is 0 Å². The number of H-pyrrole nitrogens is 1. The van der Waals surface area contributed by atoms with Crippen LogP contribution in [0.3, 0.4) is 0 Å². The number of nitrogens with one attached hydrogen (secondary N) is 2. The van der Waals surface area contributed by atoms with E-state index in [4.69, 9.17) is 0 Å². The first-order valence-electron chi connectivity index (χ1n) is 6.07. The van der Waals surface area contributed by atoms with Gasteiger partial charge in [-0.25, -0.2) is 18.1 Å². The first-order chi connectivity index (χ1) is 9.53.